The highest BCUT2D eigenvalue weighted by Gasteiger charge is 2.36. The van der Waals surface area contributed by atoms with Crippen LogP contribution in [-0.4, -0.2) is 54.8 Å². The predicted octanol–water partition coefficient (Wildman–Crippen LogP) is 1.64. The summed E-state index contributed by atoms with van der Waals surface area (Å²) in [6, 6.07) is 5.37. The number of likely N-dealkylation sites (tertiary alicyclic amines) is 1. The number of carboxylic acid groups (broad SMARTS) is 1. The predicted molar refractivity (Wildman–Crippen MR) is 84.6 cm³/mol. The Morgan fingerprint density at radius 2 is 2.09 bits per heavy atom. The molecule has 1 heterocycles. The molecule has 1 amide bonds. The molecular weight excluding hydrogens is 298 g/mol. The lowest BCUT2D eigenvalue weighted by atomic mass is 10.1. The number of aliphatic carboxylic acids is 1. The number of methoxy groups -OCH3 is 2. The molecule has 1 fully saturated rings. The molecule has 1 saturated heterocycles. The molecule has 0 aromatic heterocycles. The third kappa shape index (κ3) is 4.22. The van der Waals surface area contributed by atoms with Crippen LogP contribution in [0.3, 0.4) is 0 Å². The van der Waals surface area contributed by atoms with Crippen molar-refractivity contribution < 1.29 is 24.2 Å². The van der Waals surface area contributed by atoms with Gasteiger partial charge in [0.1, 0.15) is 5.75 Å². The maximum absolute atomic E-state index is 12.7. The third-order valence-corrected chi connectivity index (χ3v) is 4.22. The minimum Gasteiger partial charge on any atom is -0.496 e. The normalized spacial score (nSPS) is 20.6. The number of carboxylic acids is 1. The molecule has 1 aliphatic rings. The molecule has 6 heteroatoms. The lowest BCUT2D eigenvalue weighted by molar-refractivity contribution is -0.139. The Bertz CT molecular complexity index is 586. The van der Waals surface area contributed by atoms with E-state index in [4.69, 9.17) is 14.6 Å². The fourth-order valence-electron chi connectivity index (χ4n) is 3.05. The molecule has 126 valence electrons. The summed E-state index contributed by atoms with van der Waals surface area (Å²) in [4.78, 5) is 25.3. The van der Waals surface area contributed by atoms with Crippen molar-refractivity contribution in [3.63, 3.8) is 0 Å². The van der Waals surface area contributed by atoms with E-state index in [9.17, 15) is 9.59 Å². The second kappa shape index (κ2) is 7.46. The van der Waals surface area contributed by atoms with E-state index in [0.29, 0.717) is 18.7 Å². The Morgan fingerprint density at radius 3 is 2.70 bits per heavy atom. The Hall–Kier alpha value is -2.08. The molecule has 2 atom stereocenters. The van der Waals surface area contributed by atoms with Gasteiger partial charge in [0.15, 0.2) is 0 Å². The van der Waals surface area contributed by atoms with Crippen LogP contribution in [0.25, 0.3) is 0 Å². The first-order valence-corrected chi connectivity index (χ1v) is 7.62. The lowest BCUT2D eigenvalue weighted by Crippen LogP contribution is -2.38. The topological polar surface area (TPSA) is 76.1 Å². The molecule has 1 aromatic carbocycles. The van der Waals surface area contributed by atoms with E-state index < -0.39 is 5.97 Å². The monoisotopic (exact) mass is 321 g/mol. The minimum atomic E-state index is -0.905. The average molecular weight is 321 g/mol. The van der Waals surface area contributed by atoms with E-state index in [2.05, 4.69) is 0 Å². The van der Waals surface area contributed by atoms with Gasteiger partial charge in [0, 0.05) is 25.3 Å². The van der Waals surface area contributed by atoms with Gasteiger partial charge in [0.25, 0.3) is 0 Å². The first-order valence-electron chi connectivity index (χ1n) is 7.62. The van der Waals surface area contributed by atoms with Crippen molar-refractivity contribution in [2.45, 2.75) is 38.3 Å². The van der Waals surface area contributed by atoms with Gasteiger partial charge < -0.3 is 19.5 Å². The van der Waals surface area contributed by atoms with Crippen LogP contribution in [-0.2, 0) is 20.7 Å². The van der Waals surface area contributed by atoms with E-state index in [0.717, 1.165) is 11.1 Å². The van der Waals surface area contributed by atoms with Crippen molar-refractivity contribution in [1.29, 1.82) is 0 Å². The lowest BCUT2D eigenvalue weighted by Gasteiger charge is -2.23. The van der Waals surface area contributed by atoms with Gasteiger partial charge in [0.05, 0.1) is 26.1 Å². The van der Waals surface area contributed by atoms with Gasteiger partial charge in [-0.3, -0.25) is 9.59 Å². The summed E-state index contributed by atoms with van der Waals surface area (Å²) in [7, 11) is 3.16. The van der Waals surface area contributed by atoms with E-state index >= 15 is 0 Å². The number of carbonyl (C=O) groups is 2. The van der Waals surface area contributed by atoms with Crippen molar-refractivity contribution in [3.8, 4) is 5.75 Å². The van der Waals surface area contributed by atoms with Crippen LogP contribution >= 0.6 is 0 Å². The molecule has 0 aliphatic carbocycles. The first kappa shape index (κ1) is 17.3. The maximum atomic E-state index is 12.7. The Labute approximate surface area is 136 Å². The standard InChI is InChI=1S/C17H23NO5/c1-11-4-5-15(23-3)12(6-11)7-16(19)18-10-14(22-2)8-13(18)9-17(20)21/h4-6,13-14H,7-10H2,1-3H3,(H,20,21). The van der Waals surface area contributed by atoms with Gasteiger partial charge in [-0.15, -0.1) is 0 Å². The minimum absolute atomic E-state index is 0.0590. The van der Waals surface area contributed by atoms with Crippen LogP contribution in [0.4, 0.5) is 0 Å². The van der Waals surface area contributed by atoms with Crippen LogP contribution in [0.5, 0.6) is 5.75 Å². The summed E-state index contributed by atoms with van der Waals surface area (Å²) < 4.78 is 10.6. The highest BCUT2D eigenvalue weighted by molar-refractivity contribution is 5.81. The summed E-state index contributed by atoms with van der Waals surface area (Å²) in [6.45, 7) is 2.39. The summed E-state index contributed by atoms with van der Waals surface area (Å²) >= 11 is 0. The van der Waals surface area contributed by atoms with Crippen molar-refractivity contribution >= 4 is 11.9 Å². The number of carbonyl (C=O) groups excluding carboxylic acids is 1. The first-order chi connectivity index (χ1) is 10.9. The fourth-order valence-corrected chi connectivity index (χ4v) is 3.05. The number of ether oxygens (including phenoxy) is 2. The van der Waals surface area contributed by atoms with Gasteiger partial charge in [-0.25, -0.2) is 0 Å². The summed E-state index contributed by atoms with van der Waals surface area (Å²) in [5.74, 6) is -0.335. The van der Waals surface area contributed by atoms with Crippen LogP contribution < -0.4 is 4.74 Å². The second-order valence-electron chi connectivity index (χ2n) is 5.88. The molecule has 1 N–H and O–H groups in total. The van der Waals surface area contributed by atoms with Gasteiger partial charge >= 0.3 is 5.97 Å². The number of benzene rings is 1. The van der Waals surface area contributed by atoms with Crippen molar-refractivity contribution in [2.75, 3.05) is 20.8 Å². The van der Waals surface area contributed by atoms with Crippen molar-refractivity contribution in [1.82, 2.24) is 4.90 Å². The maximum Gasteiger partial charge on any atom is 0.305 e. The molecule has 0 saturated carbocycles. The smallest absolute Gasteiger partial charge is 0.305 e. The number of aryl methyl sites for hydroxylation is 1. The molecule has 0 spiro atoms. The zero-order valence-corrected chi connectivity index (χ0v) is 13.7. The number of nitrogens with zero attached hydrogens (tertiary/aromatic N) is 1. The zero-order valence-electron chi connectivity index (χ0n) is 13.7. The van der Waals surface area contributed by atoms with Crippen molar-refractivity contribution in [2.24, 2.45) is 0 Å². The molecular formula is C17H23NO5. The summed E-state index contributed by atoms with van der Waals surface area (Å²) in [6.07, 6.45) is 0.579. The number of hydrogen-bond acceptors (Lipinski definition) is 4. The summed E-state index contributed by atoms with van der Waals surface area (Å²) in [5, 5.41) is 9.04. The quantitative estimate of drug-likeness (QED) is 0.862. The second-order valence-corrected chi connectivity index (χ2v) is 5.88. The molecule has 23 heavy (non-hydrogen) atoms. The molecule has 0 bridgehead atoms. The van der Waals surface area contributed by atoms with Gasteiger partial charge in [0.2, 0.25) is 5.91 Å². The van der Waals surface area contributed by atoms with E-state index in [1.54, 1.807) is 19.1 Å². The third-order valence-electron chi connectivity index (χ3n) is 4.22. The number of hydrogen-bond donors (Lipinski definition) is 1. The molecule has 2 unspecified atom stereocenters. The average Bonchev–Trinajstić information content (AvgIpc) is 2.90. The Kier molecular flexibility index (Phi) is 5.60. The van der Waals surface area contributed by atoms with Crippen molar-refractivity contribution in [3.05, 3.63) is 29.3 Å². The molecule has 2 rings (SSSR count). The number of rotatable bonds is 6. The van der Waals surface area contributed by atoms with E-state index in [-0.39, 0.29) is 30.9 Å². The van der Waals surface area contributed by atoms with Crippen LogP contribution in [0.15, 0.2) is 18.2 Å². The molecule has 0 radical (unpaired) electrons. The van der Waals surface area contributed by atoms with Gasteiger partial charge in [-0.05, 0) is 19.4 Å². The van der Waals surface area contributed by atoms with Crippen LogP contribution in [0.2, 0.25) is 0 Å². The molecule has 1 aromatic rings. The fraction of sp³-hybridized carbons (Fsp3) is 0.529. The highest BCUT2D eigenvalue weighted by Crippen LogP contribution is 2.26. The van der Waals surface area contributed by atoms with Gasteiger partial charge in [-0.2, -0.15) is 0 Å². The zero-order chi connectivity index (χ0) is 17.0. The number of amides is 1. The van der Waals surface area contributed by atoms with E-state index in [1.807, 2.05) is 25.1 Å². The SMILES string of the molecule is COc1ccc(C)cc1CC(=O)N1CC(OC)CC1CC(=O)O. The highest BCUT2D eigenvalue weighted by atomic mass is 16.5. The molecule has 1 aliphatic heterocycles. The van der Waals surface area contributed by atoms with Gasteiger partial charge in [-0.1, -0.05) is 17.7 Å². The molecule has 6 nitrogen and oxygen atoms in total. The van der Waals surface area contributed by atoms with Crippen LogP contribution in [0.1, 0.15) is 24.0 Å². The van der Waals surface area contributed by atoms with E-state index in [1.165, 1.54) is 0 Å². The Balaban J connectivity index is 2.15. The van der Waals surface area contributed by atoms with Crippen LogP contribution in [0, 0.1) is 6.92 Å². The largest absolute Gasteiger partial charge is 0.496 e. The summed E-state index contributed by atoms with van der Waals surface area (Å²) in [5.41, 5.74) is 1.86. The Morgan fingerprint density at radius 1 is 1.35 bits per heavy atom.